The van der Waals surface area contributed by atoms with E-state index in [9.17, 15) is 22.4 Å². The SMILES string of the molecule is Cc1ccc2c(C(=O)NCC(F)c3ccc(Cl)cc3Cl)c(Oc3cccc(C(F)(F)F)c3)nnc2c1. The number of nitrogens with zero attached hydrogens (tertiary/aromatic N) is 2. The molecule has 1 aromatic heterocycles. The molecule has 0 spiro atoms. The Balaban J connectivity index is 1.67. The molecule has 5 nitrogen and oxygen atoms in total. The minimum absolute atomic E-state index is 0.101. The molecule has 0 saturated carbocycles. The van der Waals surface area contributed by atoms with Crippen LogP contribution in [-0.2, 0) is 6.18 Å². The number of alkyl halides is 4. The monoisotopic (exact) mass is 537 g/mol. The maximum atomic E-state index is 14.9. The van der Waals surface area contributed by atoms with Crippen LogP contribution in [0.2, 0.25) is 10.0 Å². The smallest absolute Gasteiger partial charge is 0.416 e. The van der Waals surface area contributed by atoms with Gasteiger partial charge in [0.05, 0.1) is 17.6 Å². The molecule has 0 aliphatic rings. The Labute approximate surface area is 213 Å². The number of aryl methyl sites for hydroxylation is 1. The van der Waals surface area contributed by atoms with Crippen molar-refractivity contribution < 1.29 is 27.1 Å². The third-order valence-corrected chi connectivity index (χ3v) is 5.79. The largest absolute Gasteiger partial charge is 0.437 e. The average molecular weight is 538 g/mol. The number of halogens is 6. The number of nitrogens with one attached hydrogen (secondary N) is 1. The van der Waals surface area contributed by atoms with Gasteiger partial charge in [0, 0.05) is 21.0 Å². The van der Waals surface area contributed by atoms with Gasteiger partial charge < -0.3 is 10.1 Å². The zero-order valence-corrected chi connectivity index (χ0v) is 20.0. The van der Waals surface area contributed by atoms with Crippen LogP contribution >= 0.6 is 23.2 Å². The van der Waals surface area contributed by atoms with Crippen LogP contribution in [0, 0.1) is 6.92 Å². The van der Waals surface area contributed by atoms with E-state index in [1.54, 1.807) is 18.2 Å². The Bertz CT molecular complexity index is 1450. The molecule has 1 N–H and O–H groups in total. The zero-order valence-electron chi connectivity index (χ0n) is 18.5. The molecule has 1 heterocycles. The molecule has 0 aliphatic heterocycles. The summed E-state index contributed by atoms with van der Waals surface area (Å²) in [5.74, 6) is -1.28. The van der Waals surface area contributed by atoms with Crippen molar-refractivity contribution in [3.8, 4) is 11.6 Å². The van der Waals surface area contributed by atoms with Gasteiger partial charge in [-0.25, -0.2) is 4.39 Å². The number of carbonyl (C=O) groups is 1. The summed E-state index contributed by atoms with van der Waals surface area (Å²) < 4.78 is 59.8. The van der Waals surface area contributed by atoms with Crippen molar-refractivity contribution in [2.24, 2.45) is 0 Å². The molecule has 1 atom stereocenters. The first-order chi connectivity index (χ1) is 17.0. The van der Waals surface area contributed by atoms with Crippen molar-refractivity contribution in [3.05, 3.63) is 93.0 Å². The number of fused-ring (bicyclic) bond motifs is 1. The van der Waals surface area contributed by atoms with Crippen molar-refractivity contribution in [2.75, 3.05) is 6.54 Å². The van der Waals surface area contributed by atoms with Gasteiger partial charge in [-0.2, -0.15) is 13.2 Å². The summed E-state index contributed by atoms with van der Waals surface area (Å²) in [6, 6.07) is 13.4. The molecule has 0 fully saturated rings. The summed E-state index contributed by atoms with van der Waals surface area (Å²) in [6.45, 7) is 1.37. The fourth-order valence-corrected chi connectivity index (χ4v) is 4.00. The molecule has 1 unspecified atom stereocenters. The van der Waals surface area contributed by atoms with Crippen LogP contribution in [-0.4, -0.2) is 22.6 Å². The Morgan fingerprint density at radius 3 is 2.56 bits per heavy atom. The summed E-state index contributed by atoms with van der Waals surface area (Å²) in [5, 5.41) is 11.2. The molecule has 0 saturated heterocycles. The Morgan fingerprint density at radius 2 is 1.83 bits per heavy atom. The molecule has 3 aromatic carbocycles. The van der Waals surface area contributed by atoms with Gasteiger partial charge in [0.15, 0.2) is 0 Å². The van der Waals surface area contributed by atoms with Gasteiger partial charge >= 0.3 is 6.18 Å². The van der Waals surface area contributed by atoms with Crippen LogP contribution in [0.5, 0.6) is 11.6 Å². The lowest BCUT2D eigenvalue weighted by atomic mass is 10.1. The number of benzene rings is 3. The minimum atomic E-state index is -4.59. The van der Waals surface area contributed by atoms with E-state index in [0.717, 1.165) is 17.7 Å². The van der Waals surface area contributed by atoms with Gasteiger partial charge in [-0.15, -0.1) is 10.2 Å². The van der Waals surface area contributed by atoms with Gasteiger partial charge in [0.25, 0.3) is 11.8 Å². The van der Waals surface area contributed by atoms with Crippen molar-refractivity contribution in [1.82, 2.24) is 15.5 Å². The molecule has 0 aliphatic carbocycles. The van der Waals surface area contributed by atoms with Crippen molar-refractivity contribution in [3.63, 3.8) is 0 Å². The number of hydrogen-bond acceptors (Lipinski definition) is 4. The zero-order chi connectivity index (χ0) is 26.0. The van der Waals surface area contributed by atoms with Gasteiger partial charge in [-0.3, -0.25) is 4.79 Å². The lowest BCUT2D eigenvalue weighted by molar-refractivity contribution is -0.137. The van der Waals surface area contributed by atoms with Crippen LogP contribution < -0.4 is 10.1 Å². The highest BCUT2D eigenvalue weighted by atomic mass is 35.5. The molecular formula is C25H17Cl2F4N3O2. The Morgan fingerprint density at radius 1 is 1.06 bits per heavy atom. The highest BCUT2D eigenvalue weighted by Crippen LogP contribution is 2.34. The first-order valence-electron chi connectivity index (χ1n) is 10.5. The number of hydrogen-bond donors (Lipinski definition) is 1. The molecule has 11 heteroatoms. The van der Waals surface area contributed by atoms with E-state index < -0.39 is 30.4 Å². The van der Waals surface area contributed by atoms with E-state index in [1.165, 1.54) is 30.3 Å². The normalized spacial score (nSPS) is 12.4. The lowest BCUT2D eigenvalue weighted by Crippen LogP contribution is -2.28. The Kier molecular flexibility index (Phi) is 7.33. The summed E-state index contributed by atoms with van der Waals surface area (Å²) in [5.41, 5.74) is 0.294. The average Bonchev–Trinajstić information content (AvgIpc) is 2.82. The van der Waals surface area contributed by atoms with E-state index in [0.29, 0.717) is 15.9 Å². The van der Waals surface area contributed by atoms with Crippen LogP contribution in [0.15, 0.2) is 60.7 Å². The molecule has 1 amide bonds. The predicted molar refractivity (Wildman–Crippen MR) is 128 cm³/mol. The van der Waals surface area contributed by atoms with Gasteiger partial charge in [0.2, 0.25) is 0 Å². The van der Waals surface area contributed by atoms with Crippen molar-refractivity contribution >= 4 is 40.0 Å². The molecule has 4 aromatic rings. The van der Waals surface area contributed by atoms with Crippen molar-refractivity contribution in [1.29, 1.82) is 0 Å². The minimum Gasteiger partial charge on any atom is -0.437 e. The lowest BCUT2D eigenvalue weighted by Gasteiger charge is -2.15. The molecular weight excluding hydrogens is 521 g/mol. The van der Waals surface area contributed by atoms with Gasteiger partial charge in [-0.1, -0.05) is 47.5 Å². The number of amides is 1. The first-order valence-corrected chi connectivity index (χ1v) is 11.3. The summed E-state index contributed by atoms with van der Waals surface area (Å²) in [6.07, 6.45) is -6.25. The quantitative estimate of drug-likeness (QED) is 0.258. The van der Waals surface area contributed by atoms with Crippen LogP contribution in [0.3, 0.4) is 0 Å². The second-order valence-corrected chi connectivity index (χ2v) is 8.72. The number of carbonyl (C=O) groups excluding carboxylic acids is 1. The van der Waals surface area contributed by atoms with E-state index in [4.69, 9.17) is 27.9 Å². The fourth-order valence-electron chi connectivity index (χ4n) is 3.47. The third kappa shape index (κ3) is 5.68. The topological polar surface area (TPSA) is 64.1 Å². The van der Waals surface area contributed by atoms with Crippen LogP contribution in [0.25, 0.3) is 10.9 Å². The van der Waals surface area contributed by atoms with E-state index in [-0.39, 0.29) is 27.8 Å². The summed E-state index contributed by atoms with van der Waals surface area (Å²) >= 11 is 11.9. The van der Waals surface area contributed by atoms with Crippen LogP contribution in [0.4, 0.5) is 17.6 Å². The third-order valence-electron chi connectivity index (χ3n) is 5.23. The molecule has 186 valence electrons. The van der Waals surface area contributed by atoms with E-state index in [2.05, 4.69) is 15.5 Å². The molecule has 4 rings (SSSR count). The number of ether oxygens (including phenoxy) is 1. The van der Waals surface area contributed by atoms with E-state index in [1.807, 2.05) is 6.92 Å². The second-order valence-electron chi connectivity index (χ2n) is 7.87. The highest BCUT2D eigenvalue weighted by Gasteiger charge is 2.31. The highest BCUT2D eigenvalue weighted by molar-refractivity contribution is 6.35. The van der Waals surface area contributed by atoms with Crippen LogP contribution in [0.1, 0.15) is 33.2 Å². The molecule has 0 bridgehead atoms. The maximum Gasteiger partial charge on any atom is 0.416 e. The summed E-state index contributed by atoms with van der Waals surface area (Å²) in [4.78, 5) is 13.2. The van der Waals surface area contributed by atoms with Gasteiger partial charge in [0.1, 0.15) is 17.5 Å². The second kappa shape index (κ2) is 10.3. The van der Waals surface area contributed by atoms with Gasteiger partial charge in [-0.05, 0) is 48.9 Å². The Hall–Kier alpha value is -3.43. The molecule has 0 radical (unpaired) electrons. The van der Waals surface area contributed by atoms with Crippen molar-refractivity contribution in [2.45, 2.75) is 19.3 Å². The molecule has 36 heavy (non-hydrogen) atoms. The fraction of sp³-hybridized carbons (Fsp3) is 0.160. The maximum absolute atomic E-state index is 14.9. The number of rotatable bonds is 6. The first kappa shape index (κ1) is 25.7. The number of aromatic nitrogens is 2. The predicted octanol–water partition coefficient (Wildman–Crippen LogP) is 7.50. The summed E-state index contributed by atoms with van der Waals surface area (Å²) in [7, 11) is 0. The van der Waals surface area contributed by atoms with E-state index >= 15 is 0 Å². The standard InChI is InChI=1S/C25H17Cl2F4N3O2/c1-13-5-7-18-21(9-13)33-34-24(36-16-4-2-3-14(10-16)25(29,30)31)22(18)23(35)32-12-20(28)17-8-6-15(26)11-19(17)27/h2-11,20H,12H2,1H3,(H,32,35).